The zero-order valence-corrected chi connectivity index (χ0v) is 35.1. The molecule has 0 radical (unpaired) electrons. The van der Waals surface area contributed by atoms with Crippen LogP contribution in [0.25, 0.3) is 0 Å². The molecule has 3 aliphatic heterocycles. The number of rotatable bonds is 11. The first-order chi connectivity index (χ1) is 30.1. The zero-order chi connectivity index (χ0) is 43.1. The normalized spacial score (nSPS) is 25.6. The third kappa shape index (κ3) is 10.3. The van der Waals surface area contributed by atoms with Crippen LogP contribution in [-0.2, 0) is 33.5 Å². The van der Waals surface area contributed by atoms with Crippen LogP contribution in [0.15, 0.2) is 78.2 Å². The summed E-state index contributed by atoms with van der Waals surface area (Å²) in [5.74, 6) is 7.73. The smallest absolute Gasteiger partial charge is 0.302 e. The number of aromatic nitrogens is 2. The average molecular weight is 845 g/mol. The summed E-state index contributed by atoms with van der Waals surface area (Å²) < 4.78 is 25.5. The number of phenols is 3. The number of esters is 1. The van der Waals surface area contributed by atoms with E-state index < -0.39 is 29.8 Å². The van der Waals surface area contributed by atoms with E-state index in [1.807, 2.05) is 36.4 Å². The van der Waals surface area contributed by atoms with Crippen molar-refractivity contribution >= 4 is 17.7 Å². The van der Waals surface area contributed by atoms with Gasteiger partial charge in [0.1, 0.15) is 18.0 Å². The number of phenolic OH excluding ortho intramolecular Hbond substituents is 3. The Bertz CT molecular complexity index is 2300. The number of nitrogens with two attached hydrogens (primary N) is 1. The van der Waals surface area contributed by atoms with Crippen LogP contribution in [0.1, 0.15) is 86.6 Å². The lowest BCUT2D eigenvalue weighted by Crippen LogP contribution is -2.64. The molecule has 326 valence electrons. The number of pyridine rings is 2. The van der Waals surface area contributed by atoms with Gasteiger partial charge in [0.2, 0.25) is 5.75 Å². The van der Waals surface area contributed by atoms with Gasteiger partial charge < -0.3 is 50.6 Å². The van der Waals surface area contributed by atoms with Crippen molar-refractivity contribution < 1.29 is 39.1 Å². The number of aliphatic imine (C=N–C) groups is 1. The molecule has 7 unspecified atom stereocenters. The van der Waals surface area contributed by atoms with Gasteiger partial charge in [0.15, 0.2) is 29.0 Å². The predicted molar refractivity (Wildman–Crippen MR) is 233 cm³/mol. The number of carbonyl (C=O) groups is 1. The van der Waals surface area contributed by atoms with Crippen LogP contribution < -0.4 is 25.8 Å². The maximum Gasteiger partial charge on any atom is 0.302 e. The van der Waals surface area contributed by atoms with E-state index in [1.54, 1.807) is 30.7 Å². The highest BCUT2D eigenvalue weighted by Crippen LogP contribution is 2.45. The second-order valence-corrected chi connectivity index (χ2v) is 16.9. The number of nitrogens with one attached hydrogen (secondary N) is 2. The summed E-state index contributed by atoms with van der Waals surface area (Å²) >= 11 is 0. The summed E-state index contributed by atoms with van der Waals surface area (Å²) in [5, 5.41) is 40.1. The predicted octanol–water partition coefficient (Wildman–Crippen LogP) is 6.07. The lowest BCUT2D eigenvalue weighted by Gasteiger charge is -2.48. The zero-order valence-electron chi connectivity index (χ0n) is 35.1. The first-order valence-electron chi connectivity index (χ1n) is 21.7. The number of anilines is 1. The number of fused-ring (bicyclic) bond motifs is 4. The standard InChI is InChI=1S/C48H56N6O8/c1-30(55)60-36-27-41(62-42(28-36)35-25-39(57)46(58)44(26-35)59-21-14-32-7-4-17-50-29-32)34-8-2-9-37-40(61-43-23-33(22-34)11-12-38(43)56)10-3-15-48(37)16-20-53-47(54-48)52-18-5-6-31-13-19-51-45(49)24-31/h4,7,11-13,17,19,23-26,29,34,36-37,40-42,56-58H,3,5-6,8,10,14-16,18,20-22,27-28H2,1H3,(H2,49,51)(H2,52,53,54). The van der Waals surface area contributed by atoms with Crippen LogP contribution in [-0.4, -0.2) is 80.8 Å². The summed E-state index contributed by atoms with van der Waals surface area (Å²) in [6, 6.07) is 16.3. The summed E-state index contributed by atoms with van der Waals surface area (Å²) in [4.78, 5) is 25.5. The van der Waals surface area contributed by atoms with Gasteiger partial charge in [-0.1, -0.05) is 18.1 Å². The van der Waals surface area contributed by atoms with Crippen LogP contribution >= 0.6 is 0 Å². The molecule has 8 rings (SSSR count). The molecule has 1 aliphatic carbocycles. The highest BCUT2D eigenvalue weighted by molar-refractivity contribution is 5.81. The lowest BCUT2D eigenvalue weighted by molar-refractivity contribution is -0.164. The van der Waals surface area contributed by atoms with Crippen molar-refractivity contribution in [3.63, 3.8) is 0 Å². The SMILES string of the molecule is CC(=O)OC1CC(c2cc(O)c(O)c(OCCc3cccnc3)c2)OC(C2CC#CC3C(CCCC34CCN=C(NCCCc3ccnc(N)c3)N4)Oc3cc(ccc3O)C2)C1. The third-order valence-corrected chi connectivity index (χ3v) is 12.5. The Morgan fingerprint density at radius 3 is 2.77 bits per heavy atom. The number of benzene rings is 2. The first kappa shape index (κ1) is 42.5. The van der Waals surface area contributed by atoms with E-state index in [4.69, 9.17) is 29.7 Å². The highest BCUT2D eigenvalue weighted by Gasteiger charge is 2.48. The number of nitrogen functional groups attached to an aromatic ring is 1. The fourth-order valence-corrected chi connectivity index (χ4v) is 9.41. The average Bonchev–Trinajstić information content (AvgIpc) is 3.28. The Morgan fingerprint density at radius 2 is 1.94 bits per heavy atom. The number of hydrogen-bond acceptors (Lipinski definition) is 14. The van der Waals surface area contributed by atoms with E-state index in [0.29, 0.717) is 55.8 Å². The molecule has 2 bridgehead atoms. The number of aromatic hydroxyl groups is 3. The van der Waals surface area contributed by atoms with E-state index in [9.17, 15) is 20.1 Å². The van der Waals surface area contributed by atoms with Gasteiger partial charge in [-0.15, -0.1) is 5.92 Å². The van der Waals surface area contributed by atoms with Crippen molar-refractivity contribution in [3.8, 4) is 40.6 Å². The second kappa shape index (κ2) is 19.2. The molecular weight excluding hydrogens is 789 g/mol. The van der Waals surface area contributed by atoms with Crippen LogP contribution in [0, 0.1) is 23.7 Å². The number of aryl methyl sites for hydroxylation is 1. The lowest BCUT2D eigenvalue weighted by atomic mass is 9.69. The van der Waals surface area contributed by atoms with Crippen molar-refractivity contribution in [1.29, 1.82) is 0 Å². The van der Waals surface area contributed by atoms with E-state index in [2.05, 4.69) is 32.4 Å². The molecule has 4 aliphatic rings. The molecule has 7 N–H and O–H groups in total. The van der Waals surface area contributed by atoms with Gasteiger partial charge in [0.05, 0.1) is 30.3 Å². The van der Waals surface area contributed by atoms with Crippen LogP contribution in [0.2, 0.25) is 0 Å². The van der Waals surface area contributed by atoms with Crippen molar-refractivity contribution in [2.24, 2.45) is 16.8 Å². The quantitative estimate of drug-likeness (QED) is 0.0440. The molecular formula is C48H56N6O8. The molecule has 5 heterocycles. The molecule has 14 heteroatoms. The van der Waals surface area contributed by atoms with Crippen molar-refractivity contribution in [2.45, 2.75) is 108 Å². The Labute approximate surface area is 362 Å². The topological polar surface area (TPSA) is 203 Å². The van der Waals surface area contributed by atoms with Crippen molar-refractivity contribution in [2.75, 3.05) is 25.4 Å². The monoisotopic (exact) mass is 844 g/mol. The molecule has 1 saturated carbocycles. The molecule has 1 spiro atoms. The molecule has 2 aromatic heterocycles. The van der Waals surface area contributed by atoms with Crippen LogP contribution in [0.5, 0.6) is 28.7 Å². The number of guanidine groups is 1. The van der Waals surface area contributed by atoms with E-state index in [0.717, 1.165) is 67.7 Å². The minimum Gasteiger partial charge on any atom is -0.504 e. The maximum absolute atomic E-state index is 12.4. The summed E-state index contributed by atoms with van der Waals surface area (Å²) in [7, 11) is 0. The molecule has 1 saturated heterocycles. The number of nitrogens with zero attached hydrogens (tertiary/aromatic N) is 3. The second-order valence-electron chi connectivity index (χ2n) is 16.9. The molecule has 62 heavy (non-hydrogen) atoms. The highest BCUT2D eigenvalue weighted by atomic mass is 16.6. The Kier molecular flexibility index (Phi) is 13.2. The fourth-order valence-electron chi connectivity index (χ4n) is 9.41. The minimum absolute atomic E-state index is 0.0712. The van der Waals surface area contributed by atoms with Crippen molar-refractivity contribution in [1.82, 2.24) is 20.6 Å². The van der Waals surface area contributed by atoms with Gasteiger partial charge in [0.25, 0.3) is 0 Å². The summed E-state index contributed by atoms with van der Waals surface area (Å²) in [5.41, 5.74) is 9.15. The molecule has 0 amide bonds. The third-order valence-electron chi connectivity index (χ3n) is 12.5. The Balaban J connectivity index is 1.03. The maximum atomic E-state index is 12.4. The van der Waals surface area contributed by atoms with Crippen molar-refractivity contribution in [3.05, 3.63) is 95.4 Å². The molecule has 7 atom stereocenters. The summed E-state index contributed by atoms with van der Waals surface area (Å²) in [6.07, 6.45) is 11.0. The number of hydrogen-bond donors (Lipinski definition) is 6. The molecule has 2 fully saturated rings. The molecule has 4 aromatic rings. The Hall–Kier alpha value is -6.20. The van der Waals surface area contributed by atoms with Gasteiger partial charge >= 0.3 is 5.97 Å². The molecule has 2 aromatic carbocycles. The fraction of sp³-hybridized carbons (Fsp3) is 0.458. The van der Waals surface area contributed by atoms with Crippen LogP contribution in [0.4, 0.5) is 5.82 Å². The Morgan fingerprint density at radius 1 is 1.03 bits per heavy atom. The van der Waals surface area contributed by atoms with Gasteiger partial charge in [-0.2, -0.15) is 0 Å². The van der Waals surface area contributed by atoms with E-state index in [1.165, 1.54) is 13.0 Å². The van der Waals surface area contributed by atoms with Gasteiger partial charge in [0, 0.05) is 70.2 Å². The first-order valence-corrected chi connectivity index (χ1v) is 21.7. The largest absolute Gasteiger partial charge is 0.504 e. The number of ether oxygens (including phenoxy) is 4. The van der Waals surface area contributed by atoms with Crippen LogP contribution in [0.3, 0.4) is 0 Å². The molecule has 14 nitrogen and oxygen atoms in total. The van der Waals surface area contributed by atoms with Gasteiger partial charge in [-0.3, -0.25) is 14.8 Å². The minimum atomic E-state index is -0.597. The van der Waals surface area contributed by atoms with E-state index in [-0.39, 0.29) is 47.5 Å². The van der Waals surface area contributed by atoms with E-state index >= 15 is 0 Å². The van der Waals surface area contributed by atoms with Gasteiger partial charge in [-0.25, -0.2) is 4.98 Å². The summed E-state index contributed by atoms with van der Waals surface area (Å²) in [6.45, 7) is 3.02. The van der Waals surface area contributed by atoms with Gasteiger partial charge in [-0.05, 0) is 110 Å². The number of carbonyl (C=O) groups excluding carboxylic acids is 1.